The van der Waals surface area contributed by atoms with Gasteiger partial charge in [-0.1, -0.05) is 46.6 Å². The van der Waals surface area contributed by atoms with Crippen molar-refractivity contribution in [2.75, 3.05) is 15.8 Å². The Labute approximate surface area is 77.7 Å². The van der Waals surface area contributed by atoms with E-state index in [4.69, 9.17) is 10.7 Å². The molecule has 58 valence electrons. The number of alkyl halides is 1. The molecular formula is C6H14ClIS. The van der Waals surface area contributed by atoms with Crippen LogP contribution in [0.25, 0.3) is 0 Å². The highest BCUT2D eigenvalue weighted by atomic mass is 127. The van der Waals surface area contributed by atoms with Crippen LogP contribution in [-0.4, -0.2) is 15.8 Å². The molecule has 9 heavy (non-hydrogen) atoms. The Kier molecular flexibility index (Phi) is 5.85. The predicted molar refractivity (Wildman–Crippen MR) is 58.0 cm³/mol. The maximum absolute atomic E-state index is 6.18. The minimum atomic E-state index is -0.723. The third-order valence-corrected chi connectivity index (χ3v) is 8.76. The van der Waals surface area contributed by atoms with Crippen LogP contribution in [0.2, 0.25) is 0 Å². The van der Waals surface area contributed by atoms with Crippen molar-refractivity contribution in [1.29, 1.82) is 0 Å². The van der Waals surface area contributed by atoms with Gasteiger partial charge in [-0.3, -0.25) is 0 Å². The maximum atomic E-state index is 6.18. The summed E-state index contributed by atoms with van der Waals surface area (Å²) in [5.74, 6) is 1.23. The largest absolute Gasteiger partial charge is 0.157 e. The molecule has 0 rings (SSSR count). The van der Waals surface area contributed by atoms with Crippen LogP contribution in [0.15, 0.2) is 0 Å². The van der Waals surface area contributed by atoms with E-state index in [1.165, 1.54) is 18.6 Å². The first-order valence-corrected chi connectivity index (χ1v) is 7.85. The normalized spacial score (nSPS) is 20.9. The molecule has 0 saturated heterocycles. The minimum absolute atomic E-state index is 0.723. The number of hydrogen-bond acceptors (Lipinski definition) is 0. The SMILES string of the molecule is CCCCS(C)(Cl)CI. The fourth-order valence-corrected chi connectivity index (χ4v) is 2.76. The summed E-state index contributed by atoms with van der Waals surface area (Å²) in [6.45, 7) is 2.21. The van der Waals surface area contributed by atoms with Crippen molar-refractivity contribution < 1.29 is 0 Å². The zero-order valence-electron chi connectivity index (χ0n) is 5.99. The second kappa shape index (κ2) is 5.08. The molecule has 0 saturated carbocycles. The number of halogens is 2. The Morgan fingerprint density at radius 3 is 2.44 bits per heavy atom. The van der Waals surface area contributed by atoms with E-state index in [0.717, 1.165) is 3.76 Å². The number of hydrogen-bond donors (Lipinski definition) is 0. The van der Waals surface area contributed by atoms with Crippen LogP contribution >= 0.6 is 42.5 Å². The van der Waals surface area contributed by atoms with Gasteiger partial charge in [0.15, 0.2) is 0 Å². The Balaban J connectivity index is 3.33. The molecule has 0 N–H and O–H groups in total. The van der Waals surface area contributed by atoms with Crippen LogP contribution in [0, 0.1) is 0 Å². The molecule has 1 unspecified atom stereocenters. The van der Waals surface area contributed by atoms with E-state index in [2.05, 4.69) is 35.8 Å². The van der Waals surface area contributed by atoms with Crippen LogP contribution in [-0.2, 0) is 0 Å². The molecule has 0 nitrogen and oxygen atoms in total. The standard InChI is InChI=1S/C6H14ClIS/c1-3-4-5-9(2,7)6-8/h3-6H2,1-2H3. The predicted octanol–water partition coefficient (Wildman–Crippen LogP) is 3.77. The lowest BCUT2D eigenvalue weighted by Crippen LogP contribution is -1.95. The average molecular weight is 281 g/mol. The van der Waals surface area contributed by atoms with Crippen molar-refractivity contribution in [3.63, 3.8) is 0 Å². The topological polar surface area (TPSA) is 0 Å². The maximum Gasteiger partial charge on any atom is 0.0418 e. The van der Waals surface area contributed by atoms with Gasteiger partial charge in [0.25, 0.3) is 0 Å². The molecule has 0 aromatic carbocycles. The van der Waals surface area contributed by atoms with Gasteiger partial charge in [0.1, 0.15) is 0 Å². The lowest BCUT2D eigenvalue weighted by molar-refractivity contribution is 0.894. The summed E-state index contributed by atoms with van der Waals surface area (Å²) >= 11 is 2.37. The smallest absolute Gasteiger partial charge is 0.0418 e. The molecule has 0 bridgehead atoms. The van der Waals surface area contributed by atoms with Gasteiger partial charge in [-0.05, 0) is 18.4 Å². The molecule has 0 heterocycles. The second-order valence-electron chi connectivity index (χ2n) is 2.32. The third-order valence-electron chi connectivity index (χ3n) is 1.15. The molecule has 0 fully saturated rings. The fraction of sp³-hybridized carbons (Fsp3) is 1.00. The van der Waals surface area contributed by atoms with Gasteiger partial charge in [0.05, 0.1) is 0 Å². The van der Waals surface area contributed by atoms with Crippen molar-refractivity contribution in [1.82, 2.24) is 0 Å². The van der Waals surface area contributed by atoms with Crippen LogP contribution in [0.1, 0.15) is 19.8 Å². The van der Waals surface area contributed by atoms with Crippen LogP contribution in [0.5, 0.6) is 0 Å². The molecule has 0 radical (unpaired) electrons. The van der Waals surface area contributed by atoms with E-state index in [9.17, 15) is 0 Å². The monoisotopic (exact) mass is 280 g/mol. The van der Waals surface area contributed by atoms with Crippen LogP contribution in [0.4, 0.5) is 0 Å². The molecule has 0 amide bonds. The van der Waals surface area contributed by atoms with E-state index in [-0.39, 0.29) is 0 Å². The van der Waals surface area contributed by atoms with E-state index < -0.39 is 9.24 Å². The lowest BCUT2D eigenvalue weighted by Gasteiger charge is -2.24. The van der Waals surface area contributed by atoms with Crippen LogP contribution in [0.3, 0.4) is 0 Å². The molecular weight excluding hydrogens is 266 g/mol. The van der Waals surface area contributed by atoms with Gasteiger partial charge in [0.2, 0.25) is 0 Å². The van der Waals surface area contributed by atoms with Crippen molar-refractivity contribution in [2.24, 2.45) is 0 Å². The van der Waals surface area contributed by atoms with Gasteiger partial charge in [-0.2, -0.15) is 9.24 Å². The van der Waals surface area contributed by atoms with Gasteiger partial charge in [-0.15, -0.1) is 0 Å². The Bertz CT molecular complexity index is 75.5. The summed E-state index contributed by atoms with van der Waals surface area (Å²) in [6.07, 6.45) is 4.75. The molecule has 0 aromatic rings. The number of unbranched alkanes of at least 4 members (excludes halogenated alkanes) is 1. The Morgan fingerprint density at radius 2 is 2.11 bits per heavy atom. The second-order valence-corrected chi connectivity index (χ2v) is 9.36. The van der Waals surface area contributed by atoms with Gasteiger partial charge < -0.3 is 0 Å². The fourth-order valence-electron chi connectivity index (χ4n) is 0.500. The van der Waals surface area contributed by atoms with E-state index in [1.807, 2.05) is 0 Å². The molecule has 0 aromatic heterocycles. The molecule has 0 aliphatic rings. The highest BCUT2D eigenvalue weighted by Crippen LogP contribution is 2.51. The summed E-state index contributed by atoms with van der Waals surface area (Å²) in [5, 5.41) is 0. The highest BCUT2D eigenvalue weighted by Gasteiger charge is 2.10. The highest BCUT2D eigenvalue weighted by molar-refractivity contribution is 14.1. The Hall–Kier alpha value is 1.37. The summed E-state index contributed by atoms with van der Waals surface area (Å²) < 4.78 is 1.13. The first kappa shape index (κ1) is 10.4. The van der Waals surface area contributed by atoms with Crippen molar-refractivity contribution in [3.8, 4) is 0 Å². The molecule has 3 heteroatoms. The quantitative estimate of drug-likeness (QED) is 0.543. The summed E-state index contributed by atoms with van der Waals surface area (Å²) in [4.78, 5) is 0. The minimum Gasteiger partial charge on any atom is -0.157 e. The Morgan fingerprint density at radius 1 is 1.56 bits per heavy atom. The van der Waals surface area contributed by atoms with Gasteiger partial charge >= 0.3 is 0 Å². The molecule has 0 spiro atoms. The lowest BCUT2D eigenvalue weighted by atomic mass is 10.4. The van der Waals surface area contributed by atoms with Gasteiger partial charge in [-0.25, -0.2) is 0 Å². The molecule has 0 aliphatic heterocycles. The van der Waals surface area contributed by atoms with E-state index in [1.54, 1.807) is 0 Å². The molecule has 1 atom stereocenters. The summed E-state index contributed by atoms with van der Waals surface area (Å²) in [7, 11) is 5.45. The first-order valence-electron chi connectivity index (χ1n) is 3.11. The van der Waals surface area contributed by atoms with Gasteiger partial charge in [0, 0.05) is 3.76 Å². The third kappa shape index (κ3) is 5.80. The zero-order valence-corrected chi connectivity index (χ0v) is 9.72. The summed E-state index contributed by atoms with van der Waals surface area (Å²) in [5.41, 5.74) is 0. The summed E-state index contributed by atoms with van der Waals surface area (Å²) in [6, 6.07) is 0. The molecule has 0 aliphatic carbocycles. The van der Waals surface area contributed by atoms with Crippen molar-refractivity contribution >= 4 is 42.5 Å². The zero-order chi connectivity index (χ0) is 7.33. The van der Waals surface area contributed by atoms with Crippen LogP contribution < -0.4 is 0 Å². The van der Waals surface area contributed by atoms with E-state index in [0.29, 0.717) is 0 Å². The number of rotatable bonds is 4. The first-order chi connectivity index (χ1) is 4.12. The van der Waals surface area contributed by atoms with Crippen molar-refractivity contribution in [2.45, 2.75) is 19.8 Å². The van der Waals surface area contributed by atoms with E-state index >= 15 is 0 Å². The van der Waals surface area contributed by atoms with Crippen molar-refractivity contribution in [3.05, 3.63) is 0 Å². The average Bonchev–Trinajstić information content (AvgIpc) is 1.84.